The Hall–Kier alpha value is -1.39. The molecule has 0 aromatic heterocycles. The fourth-order valence-electron chi connectivity index (χ4n) is 1.95. The highest BCUT2D eigenvalue weighted by atomic mass is 127. The van der Waals surface area contributed by atoms with Crippen LogP contribution in [0.3, 0.4) is 0 Å². The van der Waals surface area contributed by atoms with Crippen LogP contribution < -0.4 is 0 Å². The molecule has 0 bridgehead atoms. The largest absolute Gasteiger partial charge is 0.337 e. The predicted octanol–water partition coefficient (Wildman–Crippen LogP) is 4.20. The monoisotopic (exact) mass is 454 g/mol. The molecule has 0 saturated carbocycles. The number of nitriles is 1. The van der Waals surface area contributed by atoms with Gasteiger partial charge in [0.15, 0.2) is 0 Å². The van der Waals surface area contributed by atoms with Gasteiger partial charge in [0, 0.05) is 21.6 Å². The predicted molar refractivity (Wildman–Crippen MR) is 93.8 cm³/mol. The van der Waals surface area contributed by atoms with Gasteiger partial charge in [-0.05, 0) is 74.4 Å². The van der Waals surface area contributed by atoms with Gasteiger partial charge >= 0.3 is 0 Å². The Morgan fingerprint density at radius 3 is 2.81 bits per heavy atom. The van der Waals surface area contributed by atoms with Gasteiger partial charge in [0.1, 0.15) is 0 Å². The lowest BCUT2D eigenvalue weighted by Crippen LogP contribution is -2.26. The summed E-state index contributed by atoms with van der Waals surface area (Å²) in [5.74, 6) is -0.0530. The normalized spacial score (nSPS) is 10.0. The van der Waals surface area contributed by atoms with Crippen LogP contribution >= 0.6 is 38.5 Å². The molecule has 21 heavy (non-hydrogen) atoms. The highest BCUT2D eigenvalue weighted by molar-refractivity contribution is 14.1. The molecule has 0 aliphatic carbocycles. The van der Waals surface area contributed by atoms with E-state index in [2.05, 4.69) is 44.6 Å². The van der Waals surface area contributed by atoms with Crippen LogP contribution in [0.5, 0.6) is 0 Å². The zero-order valence-corrected chi connectivity index (χ0v) is 15.1. The summed E-state index contributed by atoms with van der Waals surface area (Å²) in [5.41, 5.74) is 2.18. The minimum Gasteiger partial charge on any atom is -0.337 e. The highest BCUT2D eigenvalue weighted by Gasteiger charge is 2.15. The van der Waals surface area contributed by atoms with E-state index >= 15 is 0 Å². The Balaban J connectivity index is 2.19. The topological polar surface area (TPSA) is 44.1 Å². The standard InChI is InChI=1S/C16H12BrIN2O/c1-20(10-12-4-2-3-11(7-12)9-19)16(21)14-8-13(18)5-6-15(14)17/h2-8H,10H2,1H3. The van der Waals surface area contributed by atoms with Crippen LogP contribution in [0.15, 0.2) is 46.9 Å². The first-order chi connectivity index (χ1) is 10.0. The molecule has 0 fully saturated rings. The molecule has 0 heterocycles. The highest BCUT2D eigenvalue weighted by Crippen LogP contribution is 2.21. The summed E-state index contributed by atoms with van der Waals surface area (Å²) >= 11 is 5.60. The average molecular weight is 455 g/mol. The number of rotatable bonds is 3. The Kier molecular flexibility index (Phi) is 5.37. The molecule has 0 aliphatic heterocycles. The van der Waals surface area contributed by atoms with E-state index in [1.165, 1.54) is 0 Å². The molecular weight excluding hydrogens is 443 g/mol. The lowest BCUT2D eigenvalue weighted by Gasteiger charge is -2.18. The maximum atomic E-state index is 12.5. The maximum Gasteiger partial charge on any atom is 0.255 e. The SMILES string of the molecule is CN(Cc1cccc(C#N)c1)C(=O)c1cc(I)ccc1Br. The number of hydrogen-bond donors (Lipinski definition) is 0. The summed E-state index contributed by atoms with van der Waals surface area (Å²) in [6.07, 6.45) is 0. The summed E-state index contributed by atoms with van der Waals surface area (Å²) in [6.45, 7) is 0.465. The van der Waals surface area contributed by atoms with Crippen LogP contribution in [-0.2, 0) is 6.54 Å². The van der Waals surface area contributed by atoms with Crippen molar-refractivity contribution in [3.63, 3.8) is 0 Å². The smallest absolute Gasteiger partial charge is 0.255 e. The van der Waals surface area contributed by atoms with Crippen LogP contribution in [0.4, 0.5) is 0 Å². The van der Waals surface area contributed by atoms with Crippen molar-refractivity contribution in [3.8, 4) is 6.07 Å². The number of nitrogens with zero attached hydrogens (tertiary/aromatic N) is 2. The second kappa shape index (κ2) is 7.05. The van der Waals surface area contributed by atoms with E-state index < -0.39 is 0 Å². The van der Waals surface area contributed by atoms with Crippen LogP contribution in [0.2, 0.25) is 0 Å². The maximum absolute atomic E-state index is 12.5. The molecular formula is C16H12BrIN2O. The molecule has 2 rings (SSSR count). The van der Waals surface area contributed by atoms with Crippen molar-refractivity contribution in [2.24, 2.45) is 0 Å². The molecule has 2 aromatic rings. The van der Waals surface area contributed by atoms with Crippen molar-refractivity contribution >= 4 is 44.4 Å². The van der Waals surface area contributed by atoms with Gasteiger partial charge in [0.05, 0.1) is 17.2 Å². The number of hydrogen-bond acceptors (Lipinski definition) is 2. The van der Waals surface area contributed by atoms with Crippen LogP contribution in [0, 0.1) is 14.9 Å². The molecule has 0 atom stereocenters. The van der Waals surface area contributed by atoms with Gasteiger partial charge in [-0.15, -0.1) is 0 Å². The van der Waals surface area contributed by atoms with E-state index in [0.717, 1.165) is 13.6 Å². The molecule has 1 amide bonds. The van der Waals surface area contributed by atoms with Gasteiger partial charge in [-0.1, -0.05) is 12.1 Å². The number of carbonyl (C=O) groups is 1. The first-order valence-corrected chi connectivity index (χ1v) is 8.08. The quantitative estimate of drug-likeness (QED) is 0.652. The van der Waals surface area contributed by atoms with Gasteiger partial charge in [0.2, 0.25) is 0 Å². The third kappa shape index (κ3) is 4.05. The molecule has 0 unspecified atom stereocenters. The van der Waals surface area contributed by atoms with Crippen molar-refractivity contribution < 1.29 is 4.79 Å². The number of benzene rings is 2. The van der Waals surface area contributed by atoms with E-state index in [-0.39, 0.29) is 5.91 Å². The van der Waals surface area contributed by atoms with E-state index in [1.54, 1.807) is 24.1 Å². The van der Waals surface area contributed by atoms with Crippen LogP contribution in [0.25, 0.3) is 0 Å². The average Bonchev–Trinajstić information content (AvgIpc) is 2.49. The van der Waals surface area contributed by atoms with Crippen molar-refractivity contribution in [2.45, 2.75) is 6.54 Å². The van der Waals surface area contributed by atoms with Crippen molar-refractivity contribution in [1.29, 1.82) is 5.26 Å². The van der Waals surface area contributed by atoms with Crippen LogP contribution in [0.1, 0.15) is 21.5 Å². The second-order valence-corrected chi connectivity index (χ2v) is 6.70. The Bertz CT molecular complexity index is 724. The van der Waals surface area contributed by atoms with Crippen molar-refractivity contribution in [1.82, 2.24) is 4.90 Å². The molecule has 0 N–H and O–H groups in total. The van der Waals surface area contributed by atoms with E-state index in [9.17, 15) is 4.79 Å². The lowest BCUT2D eigenvalue weighted by atomic mass is 10.1. The molecule has 0 saturated heterocycles. The van der Waals surface area contributed by atoms with Gasteiger partial charge in [-0.25, -0.2) is 0 Å². The van der Waals surface area contributed by atoms with E-state index in [0.29, 0.717) is 17.7 Å². The van der Waals surface area contributed by atoms with Crippen molar-refractivity contribution in [2.75, 3.05) is 7.05 Å². The number of carbonyl (C=O) groups excluding carboxylic acids is 1. The summed E-state index contributed by atoms with van der Waals surface area (Å²) < 4.78 is 1.80. The third-order valence-electron chi connectivity index (χ3n) is 2.98. The fraction of sp³-hybridized carbons (Fsp3) is 0.125. The first kappa shape index (κ1) is 16.0. The third-order valence-corrected chi connectivity index (χ3v) is 4.34. The molecule has 3 nitrogen and oxygen atoms in total. The summed E-state index contributed by atoms with van der Waals surface area (Å²) in [7, 11) is 1.76. The Labute approximate surface area is 145 Å². The summed E-state index contributed by atoms with van der Waals surface area (Å²) in [6, 6.07) is 15.1. The van der Waals surface area contributed by atoms with Crippen LogP contribution in [-0.4, -0.2) is 17.9 Å². The van der Waals surface area contributed by atoms with E-state index in [4.69, 9.17) is 5.26 Å². The minimum atomic E-state index is -0.0530. The molecule has 5 heteroatoms. The van der Waals surface area contributed by atoms with Gasteiger partial charge in [-0.3, -0.25) is 4.79 Å². The Morgan fingerprint density at radius 1 is 1.33 bits per heavy atom. The van der Waals surface area contributed by atoms with Gasteiger partial charge in [-0.2, -0.15) is 5.26 Å². The zero-order valence-electron chi connectivity index (χ0n) is 11.3. The van der Waals surface area contributed by atoms with Gasteiger partial charge in [0.25, 0.3) is 5.91 Å². The number of halogens is 2. The van der Waals surface area contributed by atoms with Gasteiger partial charge < -0.3 is 4.90 Å². The minimum absolute atomic E-state index is 0.0530. The summed E-state index contributed by atoms with van der Waals surface area (Å²) in [5, 5.41) is 8.91. The first-order valence-electron chi connectivity index (χ1n) is 6.21. The molecule has 0 radical (unpaired) electrons. The summed E-state index contributed by atoms with van der Waals surface area (Å²) in [4.78, 5) is 14.1. The fourth-order valence-corrected chi connectivity index (χ4v) is 2.86. The molecule has 0 aliphatic rings. The molecule has 106 valence electrons. The zero-order chi connectivity index (χ0) is 15.4. The van der Waals surface area contributed by atoms with Crippen molar-refractivity contribution in [3.05, 3.63) is 67.2 Å². The molecule has 0 spiro atoms. The Morgan fingerprint density at radius 2 is 2.10 bits per heavy atom. The number of amides is 1. The molecule has 2 aromatic carbocycles. The second-order valence-electron chi connectivity index (χ2n) is 4.60. The lowest BCUT2D eigenvalue weighted by molar-refractivity contribution is 0.0784. The van der Waals surface area contributed by atoms with E-state index in [1.807, 2.05) is 30.3 Å².